The molecule has 1 aromatic carbocycles. The van der Waals surface area contributed by atoms with Crippen molar-refractivity contribution in [1.82, 2.24) is 4.90 Å². The van der Waals surface area contributed by atoms with Crippen molar-refractivity contribution >= 4 is 52.0 Å². The van der Waals surface area contributed by atoms with Gasteiger partial charge in [0.2, 0.25) is 5.91 Å². The molecule has 2 heterocycles. The second kappa shape index (κ2) is 6.78. The van der Waals surface area contributed by atoms with E-state index in [1.54, 1.807) is 30.0 Å². The maximum absolute atomic E-state index is 12.5. The molecule has 0 unspecified atom stereocenters. The number of nitrogens with zero attached hydrogens (tertiary/aromatic N) is 2. The summed E-state index contributed by atoms with van der Waals surface area (Å²) in [6.45, 7) is 1.74. The van der Waals surface area contributed by atoms with Gasteiger partial charge in [-0.2, -0.15) is 0 Å². The van der Waals surface area contributed by atoms with E-state index < -0.39 is 12.0 Å². The summed E-state index contributed by atoms with van der Waals surface area (Å²) in [5.74, 6) is 0.0653. The molecule has 3 rings (SSSR count). The highest BCUT2D eigenvalue weighted by Crippen LogP contribution is 2.41. The number of rotatable bonds is 2. The first kappa shape index (κ1) is 17.3. The molecule has 5 nitrogen and oxygen atoms in total. The van der Waals surface area contributed by atoms with Gasteiger partial charge in [0.15, 0.2) is 5.17 Å². The normalized spacial score (nSPS) is 20.7. The number of amides is 1. The molecule has 8 heteroatoms. The highest BCUT2D eigenvalue weighted by molar-refractivity contribution is 8.14. The van der Waals surface area contributed by atoms with Crippen molar-refractivity contribution in [3.8, 4) is 0 Å². The number of thioether (sulfide) groups is 1. The lowest BCUT2D eigenvalue weighted by Gasteiger charge is -2.38. The Bertz CT molecular complexity index is 792. The van der Waals surface area contributed by atoms with E-state index in [4.69, 9.17) is 27.9 Å². The molecule has 0 spiro atoms. The number of ether oxygens (including phenoxy) is 1. The minimum atomic E-state index is -0.625. The number of methoxy groups -OCH3 is 1. The summed E-state index contributed by atoms with van der Waals surface area (Å²) in [4.78, 5) is 30.8. The molecule has 1 fully saturated rings. The highest BCUT2D eigenvalue weighted by Gasteiger charge is 2.41. The molecule has 0 aliphatic carbocycles. The number of carbonyl (C=O) groups excluding carboxylic acids is 2. The fraction of sp³-hybridized carbons (Fsp3) is 0.312. The lowest BCUT2D eigenvalue weighted by Crippen LogP contribution is -2.45. The van der Waals surface area contributed by atoms with Crippen LogP contribution in [0.3, 0.4) is 0 Å². The van der Waals surface area contributed by atoms with Gasteiger partial charge in [0.25, 0.3) is 0 Å². The lowest BCUT2D eigenvalue weighted by molar-refractivity contribution is -0.137. The van der Waals surface area contributed by atoms with Crippen molar-refractivity contribution in [3.05, 3.63) is 45.1 Å². The van der Waals surface area contributed by atoms with Gasteiger partial charge in [-0.3, -0.25) is 9.69 Å². The second-order valence-electron chi connectivity index (χ2n) is 5.32. The zero-order valence-corrected chi connectivity index (χ0v) is 15.3. The third kappa shape index (κ3) is 2.94. The van der Waals surface area contributed by atoms with Crippen molar-refractivity contribution < 1.29 is 14.3 Å². The van der Waals surface area contributed by atoms with Crippen LogP contribution < -0.4 is 0 Å². The van der Waals surface area contributed by atoms with E-state index in [0.717, 1.165) is 0 Å². The van der Waals surface area contributed by atoms with E-state index >= 15 is 0 Å². The van der Waals surface area contributed by atoms with Crippen LogP contribution in [0.15, 0.2) is 34.5 Å². The number of allylic oxidation sites excluding steroid dienone is 1. The van der Waals surface area contributed by atoms with E-state index in [1.165, 1.54) is 18.9 Å². The first-order valence-corrected chi connectivity index (χ1v) is 8.95. The zero-order valence-electron chi connectivity index (χ0n) is 13.0. The molecule has 24 heavy (non-hydrogen) atoms. The molecule has 0 bridgehead atoms. The molecule has 1 saturated heterocycles. The number of amidine groups is 1. The van der Waals surface area contributed by atoms with Crippen LogP contribution in [0.5, 0.6) is 0 Å². The molecule has 1 amide bonds. The van der Waals surface area contributed by atoms with E-state index in [2.05, 4.69) is 4.99 Å². The molecule has 1 aromatic rings. The Morgan fingerprint density at radius 1 is 1.38 bits per heavy atom. The average molecular weight is 385 g/mol. The van der Waals surface area contributed by atoms with Crippen molar-refractivity contribution in [1.29, 1.82) is 0 Å². The lowest BCUT2D eigenvalue weighted by atomic mass is 9.94. The summed E-state index contributed by atoms with van der Waals surface area (Å²) in [5.41, 5.74) is 1.55. The van der Waals surface area contributed by atoms with Gasteiger partial charge in [-0.05, 0) is 24.6 Å². The standard InChI is InChI=1S/C16H14Cl2N2O3S/c1-8-13(15(22)23-2)14(9-3-4-10(17)11(18)7-9)20-12(21)5-6-24-16(20)19-8/h3-4,7,14H,5-6H2,1-2H3/t14-/m0/s1. The van der Waals surface area contributed by atoms with Crippen molar-refractivity contribution in [2.75, 3.05) is 12.9 Å². The van der Waals surface area contributed by atoms with Crippen molar-refractivity contribution in [2.24, 2.45) is 4.99 Å². The minimum Gasteiger partial charge on any atom is -0.466 e. The number of esters is 1. The quantitative estimate of drug-likeness (QED) is 0.727. The summed E-state index contributed by atoms with van der Waals surface area (Å²) in [5, 5.41) is 1.36. The van der Waals surface area contributed by atoms with E-state index in [9.17, 15) is 9.59 Å². The number of carbonyl (C=O) groups is 2. The summed E-state index contributed by atoms with van der Waals surface area (Å²) in [7, 11) is 1.31. The van der Waals surface area contributed by atoms with Gasteiger partial charge >= 0.3 is 5.97 Å². The molecule has 126 valence electrons. The zero-order chi connectivity index (χ0) is 17.4. The topological polar surface area (TPSA) is 59.0 Å². The Labute approximate surface area is 153 Å². The monoisotopic (exact) mass is 384 g/mol. The van der Waals surface area contributed by atoms with Crippen LogP contribution in [0.1, 0.15) is 24.9 Å². The third-order valence-electron chi connectivity index (χ3n) is 3.87. The van der Waals surface area contributed by atoms with Gasteiger partial charge in [0.05, 0.1) is 34.5 Å². The third-order valence-corrected chi connectivity index (χ3v) is 5.56. The molecule has 0 N–H and O–H groups in total. The predicted molar refractivity (Wildman–Crippen MR) is 95.3 cm³/mol. The molecule has 0 saturated carbocycles. The Kier molecular flexibility index (Phi) is 4.90. The van der Waals surface area contributed by atoms with Crippen LogP contribution in [-0.4, -0.2) is 34.8 Å². The van der Waals surface area contributed by atoms with Crippen molar-refractivity contribution in [2.45, 2.75) is 19.4 Å². The van der Waals surface area contributed by atoms with E-state index in [0.29, 0.717) is 44.2 Å². The van der Waals surface area contributed by atoms with Crippen LogP contribution in [0.25, 0.3) is 0 Å². The van der Waals surface area contributed by atoms with Gasteiger partial charge in [-0.1, -0.05) is 41.0 Å². The Hall–Kier alpha value is -1.50. The first-order chi connectivity index (χ1) is 11.4. The Balaban J connectivity index is 2.19. The van der Waals surface area contributed by atoms with Crippen LogP contribution in [0.4, 0.5) is 0 Å². The summed E-state index contributed by atoms with van der Waals surface area (Å²) in [6.07, 6.45) is 0.384. The fourth-order valence-electron chi connectivity index (χ4n) is 2.77. The molecule has 2 aliphatic heterocycles. The van der Waals surface area contributed by atoms with Crippen LogP contribution in [0.2, 0.25) is 10.0 Å². The molecular formula is C16H14Cl2N2O3S. The summed E-state index contributed by atoms with van der Waals surface area (Å²) < 4.78 is 4.91. The van der Waals surface area contributed by atoms with Crippen LogP contribution in [0, 0.1) is 0 Å². The fourth-order valence-corrected chi connectivity index (χ4v) is 4.08. The molecule has 1 atom stereocenters. The van der Waals surface area contributed by atoms with Gasteiger partial charge in [0.1, 0.15) is 0 Å². The van der Waals surface area contributed by atoms with Gasteiger partial charge in [-0.15, -0.1) is 0 Å². The highest BCUT2D eigenvalue weighted by atomic mass is 35.5. The van der Waals surface area contributed by atoms with Gasteiger partial charge in [0, 0.05) is 12.2 Å². The van der Waals surface area contributed by atoms with E-state index in [-0.39, 0.29) is 5.91 Å². The number of halogens is 2. The average Bonchev–Trinajstić information content (AvgIpc) is 2.55. The molecule has 0 radical (unpaired) electrons. The molecule has 2 aliphatic rings. The second-order valence-corrected chi connectivity index (χ2v) is 7.20. The number of benzene rings is 1. The molecule has 0 aromatic heterocycles. The van der Waals surface area contributed by atoms with E-state index in [1.807, 2.05) is 0 Å². The Morgan fingerprint density at radius 2 is 2.12 bits per heavy atom. The van der Waals surface area contributed by atoms with Gasteiger partial charge in [-0.25, -0.2) is 9.79 Å². The summed E-state index contributed by atoms with van der Waals surface area (Å²) in [6, 6.07) is 4.45. The maximum Gasteiger partial charge on any atom is 0.338 e. The first-order valence-electron chi connectivity index (χ1n) is 7.21. The number of aliphatic imine (C=N–C) groups is 1. The van der Waals surface area contributed by atoms with Gasteiger partial charge < -0.3 is 4.74 Å². The number of hydrogen-bond donors (Lipinski definition) is 0. The van der Waals surface area contributed by atoms with Crippen LogP contribution in [-0.2, 0) is 14.3 Å². The largest absolute Gasteiger partial charge is 0.466 e. The smallest absolute Gasteiger partial charge is 0.338 e. The number of hydrogen-bond acceptors (Lipinski definition) is 5. The SMILES string of the molecule is COC(=O)C1=C(C)N=C2SCCC(=O)N2[C@H]1c1ccc(Cl)c(Cl)c1. The maximum atomic E-state index is 12.5. The van der Waals surface area contributed by atoms with Crippen molar-refractivity contribution in [3.63, 3.8) is 0 Å². The molecular weight excluding hydrogens is 371 g/mol. The number of fused-ring (bicyclic) bond motifs is 1. The van der Waals surface area contributed by atoms with Crippen LogP contribution >= 0.6 is 35.0 Å². The minimum absolute atomic E-state index is 0.0857. The summed E-state index contributed by atoms with van der Waals surface area (Å²) >= 11 is 13.6. The predicted octanol–water partition coefficient (Wildman–Crippen LogP) is 3.82. The Morgan fingerprint density at radius 3 is 2.79 bits per heavy atom.